The van der Waals surface area contributed by atoms with Crippen molar-refractivity contribution >= 4 is 41.8 Å². The van der Waals surface area contributed by atoms with Crippen LogP contribution in [0.1, 0.15) is 230 Å². The maximum atomic E-state index is 12.0. The van der Waals surface area contributed by atoms with Crippen LogP contribution >= 0.6 is 0 Å². The molecule has 9 heteroatoms. The fourth-order valence-electron chi connectivity index (χ4n) is 9.43. The first kappa shape index (κ1) is 59.0. The molecule has 6 nitrogen and oxygen atoms in total. The Kier molecular flexibility index (Phi) is 31.0. The Morgan fingerprint density at radius 3 is 0.831 bits per heavy atom. The van der Waals surface area contributed by atoms with Crippen LogP contribution in [-0.2, 0) is 65.4 Å². The van der Waals surface area contributed by atoms with E-state index in [-0.39, 0.29) is 29.3 Å². The zero-order valence-corrected chi connectivity index (χ0v) is 46.0. The van der Waals surface area contributed by atoms with E-state index in [9.17, 15) is 25.9 Å². The van der Waals surface area contributed by atoms with Gasteiger partial charge < -0.3 is 9.11 Å². The number of rotatable bonds is 34. The summed E-state index contributed by atoms with van der Waals surface area (Å²) in [5.74, 6) is 0. The van der Waals surface area contributed by atoms with E-state index in [1.54, 1.807) is 24.3 Å². The van der Waals surface area contributed by atoms with Gasteiger partial charge in [-0.15, -0.1) is 0 Å². The van der Waals surface area contributed by atoms with Gasteiger partial charge in [-0.25, -0.2) is 16.8 Å². The Morgan fingerprint density at radius 1 is 0.338 bits per heavy atom. The van der Waals surface area contributed by atoms with Gasteiger partial charge in [0.1, 0.15) is 20.2 Å². The van der Waals surface area contributed by atoms with E-state index >= 15 is 0 Å². The molecular weight excluding hydrogens is 898 g/mol. The third kappa shape index (κ3) is 22.2. The van der Waals surface area contributed by atoms with Crippen LogP contribution in [0.4, 0.5) is 0 Å². The second-order valence-electron chi connectivity index (χ2n) is 18.5. The summed E-state index contributed by atoms with van der Waals surface area (Å²) in [4.78, 5) is -0.0938. The van der Waals surface area contributed by atoms with Gasteiger partial charge in [0.15, 0.2) is 0 Å². The maximum Gasteiger partial charge on any atom is 2.00 e. The Balaban J connectivity index is 0.000000440. The normalized spacial score (nSPS) is 11.8. The van der Waals surface area contributed by atoms with Gasteiger partial charge in [0.05, 0.1) is 9.79 Å². The van der Waals surface area contributed by atoms with Crippen LogP contribution in [0.15, 0.2) is 70.5 Å². The predicted molar refractivity (Wildman–Crippen MR) is 271 cm³/mol. The molecule has 0 atom stereocenters. The van der Waals surface area contributed by atoms with Crippen molar-refractivity contribution in [2.75, 3.05) is 0 Å². The molecule has 0 aliphatic rings. The minimum atomic E-state index is -4.50. The summed E-state index contributed by atoms with van der Waals surface area (Å²) >= 11 is 0. The molecule has 0 heterocycles. The number of benzene rings is 4. The molecule has 0 saturated heterocycles. The first-order valence-corrected chi connectivity index (χ1v) is 28.8. The average Bonchev–Trinajstić information content (AvgIpc) is 3.27. The number of aryl methyl sites for hydroxylation is 4. The molecule has 0 N–H and O–H groups in total. The first-order chi connectivity index (χ1) is 31.0. The van der Waals surface area contributed by atoms with Crippen molar-refractivity contribution in [1.82, 2.24) is 0 Å². The number of hydrogen-bond donors (Lipinski definition) is 0. The van der Waals surface area contributed by atoms with E-state index in [1.165, 1.54) is 152 Å². The average molecular weight is 985 g/mol. The van der Waals surface area contributed by atoms with Crippen molar-refractivity contribution in [3.63, 3.8) is 0 Å². The van der Waals surface area contributed by atoms with E-state index in [0.717, 1.165) is 86.1 Å². The summed E-state index contributed by atoms with van der Waals surface area (Å²) in [5.41, 5.74) is 4.65. The van der Waals surface area contributed by atoms with E-state index < -0.39 is 20.2 Å². The van der Waals surface area contributed by atoms with E-state index in [4.69, 9.17) is 0 Å². The first-order valence-electron chi connectivity index (χ1n) is 26.0. The van der Waals surface area contributed by atoms with Crippen molar-refractivity contribution in [2.24, 2.45) is 0 Å². The van der Waals surface area contributed by atoms with Gasteiger partial charge >= 0.3 is 19.5 Å². The summed E-state index contributed by atoms with van der Waals surface area (Å²) in [6.07, 6.45) is 38.3. The molecule has 0 saturated carbocycles. The van der Waals surface area contributed by atoms with Crippen LogP contribution in [0, 0.1) is 0 Å². The summed E-state index contributed by atoms with van der Waals surface area (Å²) < 4.78 is 72.1. The fourth-order valence-corrected chi connectivity index (χ4v) is 10.9. The smallest absolute Gasteiger partial charge is 0.744 e. The summed E-state index contributed by atoms with van der Waals surface area (Å²) in [6, 6.07) is 18.5. The molecule has 0 fully saturated rings. The standard InChI is InChI=1S/2C28H44O3S.Zn/c2*1-3-5-7-9-11-13-15-19-24-23-28(32(29,30)31)27-22-18-17-21-26(27)25(24)20-16-14-12-10-8-6-4-2;/h2*17-18,21-23H,3-16,19-20H2,1-2H3,(H,29,30,31);/q;;+2/p-2. The SMILES string of the molecule is CCCCCCCCCc1cc(S(=O)(=O)[O-])c2ccccc2c1CCCCCCCCC.CCCCCCCCCc1cc(S(=O)(=O)[O-])c2ccccc2c1CCCCCCCCC.[Zn+2]. The summed E-state index contributed by atoms with van der Waals surface area (Å²) in [7, 11) is -9.00. The van der Waals surface area contributed by atoms with Gasteiger partial charge in [-0.05, 0) is 107 Å². The molecule has 0 radical (unpaired) electrons. The molecule has 4 aromatic carbocycles. The van der Waals surface area contributed by atoms with Gasteiger partial charge in [-0.1, -0.05) is 230 Å². The van der Waals surface area contributed by atoms with Crippen LogP contribution in [0.2, 0.25) is 0 Å². The van der Waals surface area contributed by atoms with Crippen molar-refractivity contribution in [2.45, 2.75) is 243 Å². The van der Waals surface area contributed by atoms with Crippen molar-refractivity contribution in [1.29, 1.82) is 0 Å². The molecule has 4 aromatic rings. The summed E-state index contributed by atoms with van der Waals surface area (Å²) in [6.45, 7) is 8.94. The molecule has 0 spiro atoms. The van der Waals surface area contributed by atoms with Gasteiger partial charge in [0.25, 0.3) is 0 Å². The van der Waals surface area contributed by atoms with Gasteiger partial charge in [-0.3, -0.25) is 0 Å². The Labute approximate surface area is 410 Å². The van der Waals surface area contributed by atoms with Gasteiger partial charge in [0.2, 0.25) is 0 Å². The quantitative estimate of drug-likeness (QED) is 0.0262. The third-order valence-electron chi connectivity index (χ3n) is 13.1. The van der Waals surface area contributed by atoms with Crippen LogP contribution < -0.4 is 0 Å². The van der Waals surface area contributed by atoms with E-state index in [2.05, 4.69) is 27.7 Å². The van der Waals surface area contributed by atoms with Crippen LogP contribution in [0.25, 0.3) is 21.5 Å². The molecule has 0 aliphatic heterocycles. The molecule has 0 amide bonds. The van der Waals surface area contributed by atoms with Crippen molar-refractivity contribution in [3.8, 4) is 0 Å². The molecule has 65 heavy (non-hydrogen) atoms. The molecule has 4 rings (SSSR count). The Morgan fingerprint density at radius 2 is 0.569 bits per heavy atom. The van der Waals surface area contributed by atoms with Crippen LogP contribution in [0.5, 0.6) is 0 Å². The number of unbranched alkanes of at least 4 members (excludes halogenated alkanes) is 24. The second-order valence-corrected chi connectivity index (χ2v) is 21.2. The maximum absolute atomic E-state index is 12.0. The second kappa shape index (κ2) is 34.2. The van der Waals surface area contributed by atoms with Gasteiger partial charge in [-0.2, -0.15) is 0 Å². The largest absolute Gasteiger partial charge is 2.00 e. The number of hydrogen-bond acceptors (Lipinski definition) is 6. The Hall–Kier alpha value is -2.16. The molecule has 360 valence electrons. The zero-order chi connectivity index (χ0) is 46.5. The summed E-state index contributed by atoms with van der Waals surface area (Å²) in [5, 5.41) is 3.08. The minimum absolute atomic E-state index is 0. The van der Waals surface area contributed by atoms with Crippen molar-refractivity contribution in [3.05, 3.63) is 82.9 Å². The minimum Gasteiger partial charge on any atom is -0.744 e. The number of fused-ring (bicyclic) bond motifs is 2. The molecule has 0 unspecified atom stereocenters. The molecule has 0 aliphatic carbocycles. The third-order valence-corrected chi connectivity index (χ3v) is 14.9. The molecule has 0 bridgehead atoms. The van der Waals surface area contributed by atoms with Crippen molar-refractivity contribution < 1.29 is 45.4 Å². The predicted octanol–water partition coefficient (Wildman–Crippen LogP) is 16.7. The monoisotopic (exact) mass is 983 g/mol. The topological polar surface area (TPSA) is 114 Å². The zero-order valence-electron chi connectivity index (χ0n) is 41.4. The Bertz CT molecular complexity index is 1960. The van der Waals surface area contributed by atoms with Gasteiger partial charge in [0, 0.05) is 0 Å². The fraction of sp³-hybridized carbons (Fsp3) is 0.643. The molecule has 0 aromatic heterocycles. The molecular formula is C56H86O6S2Zn. The van der Waals surface area contributed by atoms with E-state index in [0.29, 0.717) is 10.8 Å². The van der Waals surface area contributed by atoms with Crippen LogP contribution in [-0.4, -0.2) is 25.9 Å². The van der Waals surface area contributed by atoms with E-state index in [1.807, 2.05) is 36.4 Å². The van der Waals surface area contributed by atoms with Crippen LogP contribution in [0.3, 0.4) is 0 Å².